The van der Waals surface area contributed by atoms with Gasteiger partial charge in [0.25, 0.3) is 0 Å². The number of Topliss-reactive ketones (excluding diaryl/α,β-unsaturated/α-hetero) is 1. The number of carbonyl (C=O) groups is 1. The first-order valence-electron chi connectivity index (χ1n) is 7.41. The summed E-state index contributed by atoms with van der Waals surface area (Å²) < 4.78 is 0. The molecule has 0 atom stereocenters. The van der Waals surface area contributed by atoms with Crippen LogP contribution < -0.4 is 0 Å². The van der Waals surface area contributed by atoms with Gasteiger partial charge in [-0.25, -0.2) is 0 Å². The Morgan fingerprint density at radius 3 is 1.94 bits per heavy atom. The smallest absolute Gasteiger partial charge is 0.129 e. The van der Waals surface area contributed by atoms with Crippen LogP contribution >= 0.6 is 0 Å². The second kappa shape index (κ2) is 13.5. The first kappa shape index (κ1) is 16.4. The number of carbonyl (C=O) groups excluding carboxylic acids is 1. The van der Waals surface area contributed by atoms with E-state index in [2.05, 4.69) is 19.1 Å². The summed E-state index contributed by atoms with van der Waals surface area (Å²) in [5.74, 6) is 0.320. The Labute approximate surface area is 108 Å². The second-order valence-electron chi connectivity index (χ2n) is 4.98. The SMILES string of the molecule is CCCCCCCC/C=C/CCCCC(C)=O. The maximum absolute atomic E-state index is 10.7. The average molecular weight is 238 g/mol. The molecule has 0 aliphatic rings. The summed E-state index contributed by atoms with van der Waals surface area (Å²) in [5, 5.41) is 0. The van der Waals surface area contributed by atoms with Gasteiger partial charge in [-0.2, -0.15) is 0 Å². The van der Waals surface area contributed by atoms with Crippen molar-refractivity contribution >= 4 is 5.78 Å². The van der Waals surface area contributed by atoms with Crippen LogP contribution in [0, 0.1) is 0 Å². The predicted octanol–water partition coefficient (Wildman–Crippen LogP) is 5.44. The molecule has 0 fully saturated rings. The summed E-state index contributed by atoms with van der Waals surface area (Å²) in [4.78, 5) is 10.7. The van der Waals surface area contributed by atoms with E-state index in [1.165, 1.54) is 44.9 Å². The van der Waals surface area contributed by atoms with Crippen LogP contribution in [0.15, 0.2) is 12.2 Å². The molecule has 0 radical (unpaired) electrons. The predicted molar refractivity (Wildman–Crippen MR) is 76.3 cm³/mol. The van der Waals surface area contributed by atoms with Gasteiger partial charge >= 0.3 is 0 Å². The molecule has 0 spiro atoms. The highest BCUT2D eigenvalue weighted by atomic mass is 16.1. The van der Waals surface area contributed by atoms with E-state index in [9.17, 15) is 4.79 Å². The topological polar surface area (TPSA) is 17.1 Å². The maximum Gasteiger partial charge on any atom is 0.129 e. The Hall–Kier alpha value is -0.590. The zero-order valence-electron chi connectivity index (χ0n) is 11.8. The summed E-state index contributed by atoms with van der Waals surface area (Å²) in [6.07, 6.45) is 18.2. The van der Waals surface area contributed by atoms with Crippen LogP contribution in [0.25, 0.3) is 0 Å². The molecule has 0 saturated carbocycles. The molecule has 0 rings (SSSR count). The molecule has 0 amide bonds. The van der Waals surface area contributed by atoms with Crippen molar-refractivity contribution in [1.29, 1.82) is 0 Å². The Kier molecular flexibility index (Phi) is 13.0. The lowest BCUT2D eigenvalue weighted by molar-refractivity contribution is -0.117. The normalized spacial score (nSPS) is 11.2. The van der Waals surface area contributed by atoms with E-state index in [0.29, 0.717) is 5.78 Å². The molecule has 0 aliphatic carbocycles. The van der Waals surface area contributed by atoms with Crippen LogP contribution in [-0.4, -0.2) is 5.78 Å². The zero-order valence-corrected chi connectivity index (χ0v) is 11.8. The fraction of sp³-hybridized carbons (Fsp3) is 0.812. The van der Waals surface area contributed by atoms with Crippen molar-refractivity contribution in [2.75, 3.05) is 0 Å². The van der Waals surface area contributed by atoms with Crippen molar-refractivity contribution < 1.29 is 4.79 Å². The highest BCUT2D eigenvalue weighted by Crippen LogP contribution is 2.08. The third kappa shape index (κ3) is 15.4. The minimum Gasteiger partial charge on any atom is -0.300 e. The largest absolute Gasteiger partial charge is 0.300 e. The third-order valence-corrected chi connectivity index (χ3v) is 3.04. The van der Waals surface area contributed by atoms with E-state index < -0.39 is 0 Å². The van der Waals surface area contributed by atoms with Crippen molar-refractivity contribution in [3.8, 4) is 0 Å². The number of rotatable bonds is 12. The van der Waals surface area contributed by atoms with Gasteiger partial charge in [0.1, 0.15) is 5.78 Å². The Morgan fingerprint density at radius 1 is 0.824 bits per heavy atom. The molecule has 1 nitrogen and oxygen atoms in total. The van der Waals surface area contributed by atoms with Crippen LogP contribution in [0.1, 0.15) is 84.5 Å². The van der Waals surface area contributed by atoms with Crippen molar-refractivity contribution in [1.82, 2.24) is 0 Å². The molecule has 1 heteroatoms. The van der Waals surface area contributed by atoms with Crippen LogP contribution in [0.4, 0.5) is 0 Å². The van der Waals surface area contributed by atoms with Gasteiger partial charge < -0.3 is 4.79 Å². The van der Waals surface area contributed by atoms with Crippen LogP contribution in [0.5, 0.6) is 0 Å². The molecule has 0 bridgehead atoms. The minimum atomic E-state index is 0.320. The fourth-order valence-corrected chi connectivity index (χ4v) is 1.91. The van der Waals surface area contributed by atoms with E-state index in [0.717, 1.165) is 25.7 Å². The monoisotopic (exact) mass is 238 g/mol. The number of ketones is 1. The molecular formula is C16H30O. The molecule has 17 heavy (non-hydrogen) atoms. The quantitative estimate of drug-likeness (QED) is 0.327. The molecule has 0 heterocycles. The maximum atomic E-state index is 10.7. The first-order chi connectivity index (χ1) is 8.27. The third-order valence-electron chi connectivity index (χ3n) is 3.04. The summed E-state index contributed by atoms with van der Waals surface area (Å²) >= 11 is 0. The summed E-state index contributed by atoms with van der Waals surface area (Å²) in [7, 11) is 0. The van der Waals surface area contributed by atoms with E-state index in [-0.39, 0.29) is 0 Å². The Morgan fingerprint density at radius 2 is 1.35 bits per heavy atom. The van der Waals surface area contributed by atoms with Gasteiger partial charge in [0.05, 0.1) is 0 Å². The van der Waals surface area contributed by atoms with Gasteiger partial charge in [0.2, 0.25) is 0 Å². The highest BCUT2D eigenvalue weighted by Gasteiger charge is 1.91. The number of allylic oxidation sites excluding steroid dienone is 2. The van der Waals surface area contributed by atoms with E-state index in [1.807, 2.05) is 0 Å². The van der Waals surface area contributed by atoms with Crippen molar-refractivity contribution in [2.24, 2.45) is 0 Å². The molecule has 0 unspecified atom stereocenters. The van der Waals surface area contributed by atoms with Crippen molar-refractivity contribution in [2.45, 2.75) is 84.5 Å². The van der Waals surface area contributed by atoms with Gasteiger partial charge in [0.15, 0.2) is 0 Å². The van der Waals surface area contributed by atoms with Gasteiger partial charge in [-0.3, -0.25) is 0 Å². The molecule has 0 aromatic carbocycles. The summed E-state index contributed by atoms with van der Waals surface area (Å²) in [6.45, 7) is 3.93. The van der Waals surface area contributed by atoms with Gasteiger partial charge in [0, 0.05) is 6.42 Å². The van der Waals surface area contributed by atoms with E-state index in [4.69, 9.17) is 0 Å². The lowest BCUT2D eigenvalue weighted by Crippen LogP contribution is -1.88. The summed E-state index contributed by atoms with van der Waals surface area (Å²) in [6, 6.07) is 0. The lowest BCUT2D eigenvalue weighted by atomic mass is 10.1. The Bertz CT molecular complexity index is 194. The van der Waals surface area contributed by atoms with Crippen LogP contribution in [-0.2, 0) is 4.79 Å². The Balaban J connectivity index is 3.07. The molecule has 0 saturated heterocycles. The van der Waals surface area contributed by atoms with Crippen molar-refractivity contribution in [3.05, 3.63) is 12.2 Å². The van der Waals surface area contributed by atoms with E-state index >= 15 is 0 Å². The first-order valence-corrected chi connectivity index (χ1v) is 7.41. The van der Waals surface area contributed by atoms with Crippen molar-refractivity contribution in [3.63, 3.8) is 0 Å². The number of hydrogen-bond acceptors (Lipinski definition) is 1. The number of hydrogen-bond donors (Lipinski definition) is 0. The minimum absolute atomic E-state index is 0.320. The molecular weight excluding hydrogens is 208 g/mol. The average Bonchev–Trinajstić information content (AvgIpc) is 2.30. The van der Waals surface area contributed by atoms with Crippen LogP contribution in [0.2, 0.25) is 0 Å². The highest BCUT2D eigenvalue weighted by molar-refractivity contribution is 5.75. The number of unbranched alkanes of at least 4 members (excludes halogenated alkanes) is 8. The molecule has 0 aliphatic heterocycles. The zero-order chi connectivity index (χ0) is 12.8. The van der Waals surface area contributed by atoms with Gasteiger partial charge in [-0.05, 0) is 39.0 Å². The van der Waals surface area contributed by atoms with Gasteiger partial charge in [-0.1, -0.05) is 51.2 Å². The lowest BCUT2D eigenvalue weighted by Gasteiger charge is -1.98. The van der Waals surface area contributed by atoms with Crippen LogP contribution in [0.3, 0.4) is 0 Å². The standard InChI is InChI=1S/C16H30O/c1-3-4-5-6-7-8-9-10-11-12-13-14-15-16(2)17/h10-11H,3-9,12-15H2,1-2H3/b11-10+. The molecule has 0 aromatic rings. The molecule has 100 valence electrons. The fourth-order valence-electron chi connectivity index (χ4n) is 1.91. The molecule has 0 N–H and O–H groups in total. The summed E-state index contributed by atoms with van der Waals surface area (Å²) in [5.41, 5.74) is 0. The van der Waals surface area contributed by atoms with Gasteiger partial charge in [-0.15, -0.1) is 0 Å². The molecule has 0 aromatic heterocycles. The second-order valence-corrected chi connectivity index (χ2v) is 4.98. The van der Waals surface area contributed by atoms with E-state index in [1.54, 1.807) is 6.92 Å².